The predicted molar refractivity (Wildman–Crippen MR) is 85.2 cm³/mol. The molecule has 0 amide bonds. The van der Waals surface area contributed by atoms with Crippen LogP contribution in [0.5, 0.6) is 0 Å². The first-order valence-corrected chi connectivity index (χ1v) is 9.97. The second-order valence-electron chi connectivity index (χ2n) is 6.69. The van der Waals surface area contributed by atoms with E-state index in [1.165, 1.54) is 10.8 Å². The number of nitrogens with one attached hydrogen (secondary N) is 1. The molecule has 0 radical (unpaired) electrons. The summed E-state index contributed by atoms with van der Waals surface area (Å²) in [6.45, 7) is 13.6. The lowest BCUT2D eigenvalue weighted by atomic mass is 10.2. The van der Waals surface area contributed by atoms with Gasteiger partial charge in [-0.05, 0) is 25.1 Å². The highest BCUT2D eigenvalue weighted by Crippen LogP contribution is 2.36. The molecular formula is C14H26N2O4Si. The van der Waals surface area contributed by atoms with Gasteiger partial charge in [0.1, 0.15) is 6.73 Å². The average molecular weight is 314 g/mol. The summed E-state index contributed by atoms with van der Waals surface area (Å²) in [4.78, 5) is 25.0. The summed E-state index contributed by atoms with van der Waals surface area (Å²) in [5.41, 5.74) is -0.343. The monoisotopic (exact) mass is 314 g/mol. The van der Waals surface area contributed by atoms with E-state index in [4.69, 9.17) is 9.16 Å². The molecule has 0 fully saturated rings. The van der Waals surface area contributed by atoms with E-state index in [0.29, 0.717) is 18.8 Å². The number of H-pyrrole nitrogens is 1. The summed E-state index contributed by atoms with van der Waals surface area (Å²) >= 11 is 0. The molecule has 0 aliphatic rings. The topological polar surface area (TPSA) is 73.3 Å². The van der Waals surface area contributed by atoms with Crippen LogP contribution in [0.2, 0.25) is 18.1 Å². The molecule has 0 saturated carbocycles. The maximum Gasteiger partial charge on any atom is 0.330 e. The van der Waals surface area contributed by atoms with Crippen molar-refractivity contribution in [3.8, 4) is 0 Å². The fourth-order valence-corrected chi connectivity index (χ4v) is 2.48. The molecule has 1 aromatic heterocycles. The summed E-state index contributed by atoms with van der Waals surface area (Å²) in [7, 11) is -1.76. The van der Waals surface area contributed by atoms with E-state index < -0.39 is 14.0 Å². The molecule has 0 bridgehead atoms. The Kier molecular flexibility index (Phi) is 5.72. The van der Waals surface area contributed by atoms with Crippen molar-refractivity contribution < 1.29 is 9.16 Å². The highest BCUT2D eigenvalue weighted by atomic mass is 28.4. The Labute approximate surface area is 126 Å². The molecule has 1 rings (SSSR count). The van der Waals surface area contributed by atoms with Gasteiger partial charge in [-0.1, -0.05) is 20.8 Å². The van der Waals surface area contributed by atoms with Gasteiger partial charge < -0.3 is 9.16 Å². The van der Waals surface area contributed by atoms with Crippen molar-refractivity contribution in [2.24, 2.45) is 0 Å². The maximum absolute atomic E-state index is 11.5. The van der Waals surface area contributed by atoms with Gasteiger partial charge in [0.25, 0.3) is 5.56 Å². The van der Waals surface area contributed by atoms with Crippen LogP contribution in [0.4, 0.5) is 0 Å². The molecule has 0 aliphatic carbocycles. The predicted octanol–water partition coefficient (Wildman–Crippen LogP) is 1.84. The summed E-state index contributed by atoms with van der Waals surface area (Å²) in [6.07, 6.45) is 1.50. The van der Waals surface area contributed by atoms with Crippen molar-refractivity contribution in [3.63, 3.8) is 0 Å². The van der Waals surface area contributed by atoms with Crippen LogP contribution in [-0.4, -0.2) is 31.1 Å². The highest BCUT2D eigenvalue weighted by Gasteiger charge is 2.36. The third kappa shape index (κ3) is 4.94. The van der Waals surface area contributed by atoms with Crippen molar-refractivity contribution in [3.05, 3.63) is 32.6 Å². The standard InChI is InChI=1S/C14H26N2O4Si/c1-11-9-16(13(18)15-12(11)17)10-19-7-8-20-21(5,6)14(2,3)4/h9H,7-8,10H2,1-6H3,(H,15,17,18). The quantitative estimate of drug-likeness (QED) is 0.642. The van der Waals surface area contributed by atoms with E-state index >= 15 is 0 Å². The zero-order valence-electron chi connectivity index (χ0n) is 13.8. The Morgan fingerprint density at radius 1 is 1.24 bits per heavy atom. The van der Waals surface area contributed by atoms with E-state index in [1.807, 2.05) is 0 Å². The van der Waals surface area contributed by atoms with E-state index in [0.717, 1.165) is 0 Å². The molecule has 21 heavy (non-hydrogen) atoms. The lowest BCUT2D eigenvalue weighted by molar-refractivity contribution is 0.0481. The molecular weight excluding hydrogens is 288 g/mol. The summed E-state index contributed by atoms with van der Waals surface area (Å²) in [5.74, 6) is 0. The first-order chi connectivity index (χ1) is 9.54. The molecule has 120 valence electrons. The van der Waals surface area contributed by atoms with E-state index in [9.17, 15) is 9.59 Å². The zero-order chi connectivity index (χ0) is 16.3. The fraction of sp³-hybridized carbons (Fsp3) is 0.714. The smallest absolute Gasteiger partial charge is 0.330 e. The third-order valence-electron chi connectivity index (χ3n) is 3.92. The summed E-state index contributed by atoms with van der Waals surface area (Å²) in [6, 6.07) is 0. The van der Waals surface area contributed by atoms with Crippen LogP contribution >= 0.6 is 0 Å². The molecule has 0 aliphatic heterocycles. The van der Waals surface area contributed by atoms with Gasteiger partial charge in [-0.15, -0.1) is 0 Å². The molecule has 7 heteroatoms. The van der Waals surface area contributed by atoms with Gasteiger partial charge in [0, 0.05) is 11.8 Å². The molecule has 1 N–H and O–H groups in total. The van der Waals surface area contributed by atoms with Crippen LogP contribution in [0.25, 0.3) is 0 Å². The van der Waals surface area contributed by atoms with Crippen LogP contribution in [0.1, 0.15) is 26.3 Å². The van der Waals surface area contributed by atoms with Crippen molar-refractivity contribution >= 4 is 8.32 Å². The van der Waals surface area contributed by atoms with Gasteiger partial charge in [0.2, 0.25) is 0 Å². The van der Waals surface area contributed by atoms with Crippen molar-refractivity contribution in [2.45, 2.75) is 52.6 Å². The van der Waals surface area contributed by atoms with Gasteiger partial charge in [0.05, 0.1) is 13.2 Å². The Bertz CT molecular complexity index is 584. The van der Waals surface area contributed by atoms with E-state index in [-0.39, 0.29) is 17.3 Å². The molecule has 0 spiro atoms. The normalized spacial score (nSPS) is 12.7. The van der Waals surface area contributed by atoms with E-state index in [1.54, 1.807) is 6.92 Å². The molecule has 1 heterocycles. The van der Waals surface area contributed by atoms with Crippen LogP contribution < -0.4 is 11.2 Å². The van der Waals surface area contributed by atoms with Crippen molar-refractivity contribution in [2.75, 3.05) is 13.2 Å². The second-order valence-corrected chi connectivity index (χ2v) is 11.5. The largest absolute Gasteiger partial charge is 0.414 e. The van der Waals surface area contributed by atoms with Crippen LogP contribution in [0.3, 0.4) is 0 Å². The fourth-order valence-electron chi connectivity index (χ4n) is 1.45. The Morgan fingerprint density at radius 2 is 1.86 bits per heavy atom. The lowest BCUT2D eigenvalue weighted by Gasteiger charge is -2.36. The molecule has 0 saturated heterocycles. The number of nitrogens with zero attached hydrogens (tertiary/aromatic N) is 1. The number of hydrogen-bond acceptors (Lipinski definition) is 4. The van der Waals surface area contributed by atoms with Gasteiger partial charge in [-0.3, -0.25) is 14.3 Å². The average Bonchev–Trinajstić information content (AvgIpc) is 2.33. The van der Waals surface area contributed by atoms with Gasteiger partial charge >= 0.3 is 5.69 Å². The number of aromatic amines is 1. The minimum absolute atomic E-state index is 0.108. The van der Waals surface area contributed by atoms with Gasteiger partial charge in [0.15, 0.2) is 8.32 Å². The molecule has 6 nitrogen and oxygen atoms in total. The van der Waals surface area contributed by atoms with Crippen LogP contribution in [-0.2, 0) is 15.9 Å². The Balaban J connectivity index is 2.44. The highest BCUT2D eigenvalue weighted by molar-refractivity contribution is 6.74. The van der Waals surface area contributed by atoms with Crippen LogP contribution in [0, 0.1) is 6.92 Å². The number of rotatable bonds is 6. The molecule has 1 aromatic rings. The zero-order valence-corrected chi connectivity index (χ0v) is 14.8. The summed E-state index contributed by atoms with van der Waals surface area (Å²) in [5, 5.41) is 0.167. The number of aromatic nitrogens is 2. The first-order valence-electron chi connectivity index (χ1n) is 7.07. The Hall–Kier alpha value is -1.18. The minimum Gasteiger partial charge on any atom is -0.414 e. The van der Waals surface area contributed by atoms with Crippen molar-refractivity contribution in [1.29, 1.82) is 0 Å². The first kappa shape index (κ1) is 17.9. The van der Waals surface area contributed by atoms with Crippen LogP contribution in [0.15, 0.2) is 15.8 Å². The SMILES string of the molecule is Cc1cn(COCCO[Si](C)(C)C(C)(C)C)c(=O)[nH]c1=O. The number of ether oxygens (including phenoxy) is 1. The number of hydrogen-bond donors (Lipinski definition) is 1. The third-order valence-corrected chi connectivity index (χ3v) is 8.45. The van der Waals surface area contributed by atoms with Crippen molar-refractivity contribution in [1.82, 2.24) is 9.55 Å². The minimum atomic E-state index is -1.76. The Morgan fingerprint density at radius 3 is 2.43 bits per heavy atom. The van der Waals surface area contributed by atoms with Gasteiger partial charge in [-0.2, -0.15) is 0 Å². The number of aryl methyl sites for hydroxylation is 1. The molecule has 0 aromatic carbocycles. The lowest BCUT2D eigenvalue weighted by Crippen LogP contribution is -2.41. The summed E-state index contributed by atoms with van der Waals surface area (Å²) < 4.78 is 12.8. The second kappa shape index (κ2) is 6.72. The van der Waals surface area contributed by atoms with Gasteiger partial charge in [-0.25, -0.2) is 4.79 Å². The molecule has 0 atom stereocenters. The maximum atomic E-state index is 11.5. The van der Waals surface area contributed by atoms with E-state index in [2.05, 4.69) is 38.8 Å². The molecule has 0 unspecified atom stereocenters.